The molecule has 0 N–H and O–H groups in total. The lowest BCUT2D eigenvalue weighted by atomic mass is 9.68. The van der Waals surface area contributed by atoms with E-state index in [1.807, 2.05) is 0 Å². The summed E-state index contributed by atoms with van der Waals surface area (Å²) >= 11 is 0. The van der Waals surface area contributed by atoms with E-state index in [2.05, 4.69) is 219 Å². The highest BCUT2D eigenvalue weighted by Gasteiger charge is 2.52. The average molecular weight is 752 g/mol. The molecule has 0 aliphatic heterocycles. The minimum absolute atomic E-state index is 0.130. The largest absolute Gasteiger partial charge is 0.303 e. The van der Waals surface area contributed by atoms with Crippen LogP contribution in [0.1, 0.15) is 65.6 Å². The normalized spacial score (nSPS) is 15.7. The third-order valence-corrected chi connectivity index (χ3v) is 13.7. The van der Waals surface area contributed by atoms with Crippen molar-refractivity contribution in [2.45, 2.75) is 37.5 Å². The van der Waals surface area contributed by atoms with E-state index >= 15 is 0 Å². The van der Waals surface area contributed by atoms with E-state index in [1.165, 1.54) is 77.9 Å². The van der Waals surface area contributed by atoms with Gasteiger partial charge >= 0.3 is 0 Å². The van der Waals surface area contributed by atoms with Gasteiger partial charge in [-0.1, -0.05) is 178 Å². The number of hydrogen-bond donors (Lipinski definition) is 0. The van der Waals surface area contributed by atoms with Crippen molar-refractivity contribution in [2.75, 3.05) is 4.90 Å². The Labute approximate surface area is 347 Å². The van der Waals surface area contributed by atoms with Crippen LogP contribution >= 0.6 is 0 Å². The van der Waals surface area contributed by atoms with Gasteiger partial charge in [-0.05, 0) is 127 Å². The van der Waals surface area contributed by atoms with Crippen molar-refractivity contribution in [3.63, 3.8) is 0 Å². The molecule has 59 heavy (non-hydrogen) atoms. The van der Waals surface area contributed by atoms with Crippen molar-refractivity contribution in [1.29, 1.82) is 0 Å². The second kappa shape index (κ2) is 12.7. The zero-order chi connectivity index (χ0) is 39.3. The lowest BCUT2D eigenvalue weighted by molar-refractivity contribution is 0.660. The molecular weight excluding hydrogens is 711 g/mol. The molecule has 0 aromatic heterocycles. The highest BCUT2D eigenvalue weighted by molar-refractivity contribution is 5.99. The van der Waals surface area contributed by atoms with Crippen LogP contribution in [0.5, 0.6) is 0 Å². The molecule has 0 unspecified atom stereocenters. The lowest BCUT2D eigenvalue weighted by Gasteiger charge is -2.33. The Hall–Kier alpha value is -7.14. The van der Waals surface area contributed by atoms with Crippen molar-refractivity contribution < 1.29 is 0 Å². The van der Waals surface area contributed by atoms with Gasteiger partial charge in [-0.15, -0.1) is 0 Å². The highest BCUT2D eigenvalue weighted by atomic mass is 15.1. The third-order valence-electron chi connectivity index (χ3n) is 13.7. The van der Waals surface area contributed by atoms with Crippen molar-refractivity contribution in [1.82, 2.24) is 0 Å². The highest BCUT2D eigenvalue weighted by Crippen LogP contribution is 2.64. The number of rotatable bonds is 5. The van der Waals surface area contributed by atoms with Crippen LogP contribution in [0.3, 0.4) is 0 Å². The fraction of sp³-hybridized carbons (Fsp3) is 0.103. The second-order valence-electron chi connectivity index (χ2n) is 16.9. The predicted molar refractivity (Wildman–Crippen MR) is 244 cm³/mol. The molecule has 0 fully saturated rings. The molecule has 0 radical (unpaired) electrons. The van der Waals surface area contributed by atoms with Gasteiger partial charge in [0, 0.05) is 22.2 Å². The number of anilines is 3. The fourth-order valence-electron chi connectivity index (χ4n) is 11.1. The Balaban J connectivity index is 1.06. The number of para-hydroxylation sites is 1. The first-order valence-electron chi connectivity index (χ1n) is 20.9. The first-order valence-corrected chi connectivity index (χ1v) is 20.9. The van der Waals surface area contributed by atoms with Gasteiger partial charge in [0.2, 0.25) is 0 Å². The second-order valence-corrected chi connectivity index (χ2v) is 16.9. The van der Waals surface area contributed by atoms with Crippen LogP contribution in [0.4, 0.5) is 17.1 Å². The zero-order valence-electron chi connectivity index (χ0n) is 33.3. The van der Waals surface area contributed by atoms with Crippen molar-refractivity contribution in [3.05, 3.63) is 245 Å². The molecule has 0 heterocycles. The van der Waals surface area contributed by atoms with Gasteiger partial charge in [0.25, 0.3) is 0 Å². The van der Waals surface area contributed by atoms with Gasteiger partial charge < -0.3 is 4.90 Å². The minimum Gasteiger partial charge on any atom is -0.303 e. The topological polar surface area (TPSA) is 3.24 Å². The Kier molecular flexibility index (Phi) is 7.30. The SMILES string of the molecule is CC1(C)c2ccccc2-c2ccc(N(c3c#cc(-c4ccccc4)cc3)c3ccccc3C3=CC4=C(CC3)c3ccccc3C43c4ccccc4-c4ccccc43)cc21. The molecule has 12 rings (SSSR count). The number of benzene rings is 7. The Morgan fingerprint density at radius 1 is 0.458 bits per heavy atom. The third kappa shape index (κ3) is 4.75. The van der Waals surface area contributed by atoms with E-state index in [9.17, 15) is 0 Å². The maximum absolute atomic E-state index is 3.65. The van der Waals surface area contributed by atoms with E-state index in [0.717, 1.165) is 41.0 Å². The van der Waals surface area contributed by atoms with Crippen LogP contribution in [-0.4, -0.2) is 0 Å². The summed E-state index contributed by atoms with van der Waals surface area (Å²) in [5, 5.41) is 0. The smallest absolute Gasteiger partial charge is 0.0974 e. The molecule has 0 bridgehead atoms. The monoisotopic (exact) mass is 751 g/mol. The molecule has 1 heteroatoms. The summed E-state index contributed by atoms with van der Waals surface area (Å²) in [6, 6.07) is 74.5. The molecular formula is C58H41N. The molecule has 8 aromatic rings. The quantitative estimate of drug-likeness (QED) is 0.169. The molecule has 0 saturated heterocycles. The van der Waals surface area contributed by atoms with Gasteiger partial charge in [0.05, 0.1) is 16.8 Å². The fourth-order valence-corrected chi connectivity index (χ4v) is 11.1. The van der Waals surface area contributed by atoms with Crippen molar-refractivity contribution in [3.8, 4) is 33.4 Å². The van der Waals surface area contributed by atoms with Gasteiger partial charge in [-0.3, -0.25) is 0 Å². The van der Waals surface area contributed by atoms with E-state index in [4.69, 9.17) is 0 Å². The summed E-state index contributed by atoms with van der Waals surface area (Å²) in [6.07, 6.45) is 4.51. The molecule has 278 valence electrons. The van der Waals surface area contributed by atoms with Crippen molar-refractivity contribution >= 4 is 28.2 Å². The molecule has 1 spiro atoms. The van der Waals surface area contributed by atoms with E-state index in [-0.39, 0.29) is 10.8 Å². The predicted octanol–water partition coefficient (Wildman–Crippen LogP) is 14.7. The Morgan fingerprint density at radius 3 is 1.69 bits per heavy atom. The molecule has 8 aromatic carbocycles. The zero-order valence-corrected chi connectivity index (χ0v) is 33.3. The van der Waals surface area contributed by atoms with Gasteiger partial charge in [0.1, 0.15) is 0 Å². The lowest BCUT2D eigenvalue weighted by Crippen LogP contribution is -2.27. The first-order chi connectivity index (χ1) is 29.0. The van der Waals surface area contributed by atoms with Gasteiger partial charge in [-0.2, -0.15) is 0 Å². The van der Waals surface area contributed by atoms with Crippen molar-refractivity contribution in [2.24, 2.45) is 0 Å². The van der Waals surface area contributed by atoms with E-state index in [1.54, 1.807) is 0 Å². The Morgan fingerprint density at radius 2 is 1.02 bits per heavy atom. The average Bonchev–Trinajstić information content (AvgIpc) is 3.85. The standard InChI is InChI=1S/C58H41N/c1-57(2)50-23-11-6-19-44(50)48-35-33-42(37-54(48)57)59(41-31-28-39(29-32-41)38-16-4-3-5-17-38)56-27-15-10-18-43(56)40-30-34-49-47-22-9-14-26-53(47)58(55(49)36-40)51-24-12-7-20-45(51)46-21-8-13-25-52(46)58/h3-28,31,33,35-37H,30,34H2,1-2H3. The molecule has 0 amide bonds. The van der Waals surface area contributed by atoms with Crippen LogP contribution < -0.4 is 4.90 Å². The van der Waals surface area contributed by atoms with Gasteiger partial charge in [0.15, 0.2) is 0 Å². The van der Waals surface area contributed by atoms with Crippen LogP contribution in [0.2, 0.25) is 0 Å². The summed E-state index contributed by atoms with van der Waals surface area (Å²) in [6.45, 7) is 4.72. The summed E-state index contributed by atoms with van der Waals surface area (Å²) < 4.78 is 0. The molecule has 0 atom stereocenters. The maximum atomic E-state index is 3.65. The van der Waals surface area contributed by atoms with Crippen LogP contribution in [0.15, 0.2) is 194 Å². The first kappa shape index (κ1) is 33.9. The number of hydrogen-bond acceptors (Lipinski definition) is 1. The van der Waals surface area contributed by atoms with E-state index in [0.29, 0.717) is 0 Å². The van der Waals surface area contributed by atoms with Crippen LogP contribution in [0.25, 0.3) is 44.5 Å². The summed E-state index contributed by atoms with van der Waals surface area (Å²) in [5.41, 5.74) is 24.0. The van der Waals surface area contributed by atoms with Gasteiger partial charge in [-0.25, -0.2) is 0 Å². The molecule has 1 nitrogen and oxygen atoms in total. The number of fused-ring (bicyclic) bond motifs is 12. The van der Waals surface area contributed by atoms with Crippen LogP contribution in [0, 0.1) is 12.1 Å². The maximum Gasteiger partial charge on any atom is 0.0974 e. The Bertz CT molecular complexity index is 3020. The molecule has 0 saturated carbocycles. The van der Waals surface area contributed by atoms with Crippen LogP contribution in [-0.2, 0) is 10.8 Å². The van der Waals surface area contributed by atoms with E-state index < -0.39 is 0 Å². The molecule has 4 aliphatic carbocycles. The number of allylic oxidation sites excluding steroid dienone is 4. The summed E-state index contributed by atoms with van der Waals surface area (Å²) in [5.74, 6) is 0. The summed E-state index contributed by atoms with van der Waals surface area (Å²) in [7, 11) is 0. The summed E-state index contributed by atoms with van der Waals surface area (Å²) in [4.78, 5) is 2.42. The number of nitrogens with zero attached hydrogens (tertiary/aromatic N) is 1. The molecule has 4 aliphatic rings. The minimum atomic E-state index is -0.365.